The fourth-order valence-electron chi connectivity index (χ4n) is 3.46. The summed E-state index contributed by atoms with van der Waals surface area (Å²) in [6.07, 6.45) is -7.54. The Morgan fingerprint density at radius 2 is 1.66 bits per heavy atom. The third kappa shape index (κ3) is 3.83. The molecule has 11 heteroatoms. The van der Waals surface area contributed by atoms with Gasteiger partial charge in [0.1, 0.15) is 52.6 Å². The first-order chi connectivity index (χ1) is 15.2. The second-order valence-corrected chi connectivity index (χ2v) is 7.31. The number of rotatable bonds is 4. The monoisotopic (exact) mass is 448 g/mol. The standard InChI is InChI=1S/C21H20O11/c22-7-16-18(27)19(28)20(29)21(32-16)31-13-2-1-8(3-10(13)24)14-6-12(26)17-11(25)4-9(23)5-15(17)30-14/h1-6,16,18-25,27-29H,7H2/t16-,18+,19+,20+,21-/m0/s1. The van der Waals surface area contributed by atoms with Crippen LogP contribution in [0.2, 0.25) is 0 Å². The maximum atomic E-state index is 12.4. The second-order valence-electron chi connectivity index (χ2n) is 7.31. The lowest BCUT2D eigenvalue weighted by Crippen LogP contribution is -2.60. The lowest BCUT2D eigenvalue weighted by molar-refractivity contribution is -0.277. The third-order valence-corrected chi connectivity index (χ3v) is 5.13. The van der Waals surface area contributed by atoms with Crippen LogP contribution in [0.25, 0.3) is 22.3 Å². The van der Waals surface area contributed by atoms with Crippen LogP contribution in [0.5, 0.6) is 23.0 Å². The predicted molar refractivity (Wildman–Crippen MR) is 107 cm³/mol. The number of benzene rings is 2. The zero-order valence-corrected chi connectivity index (χ0v) is 16.3. The number of aliphatic hydroxyl groups is 4. The molecule has 0 bridgehead atoms. The van der Waals surface area contributed by atoms with Gasteiger partial charge in [-0.15, -0.1) is 0 Å². The van der Waals surface area contributed by atoms with Crippen molar-refractivity contribution in [2.24, 2.45) is 0 Å². The minimum atomic E-state index is -1.66. The van der Waals surface area contributed by atoms with Crippen LogP contribution in [0.1, 0.15) is 0 Å². The summed E-state index contributed by atoms with van der Waals surface area (Å²) in [6, 6.07) is 7.19. The van der Waals surface area contributed by atoms with Crippen LogP contribution in [-0.4, -0.2) is 73.1 Å². The van der Waals surface area contributed by atoms with Gasteiger partial charge in [0.15, 0.2) is 16.9 Å². The van der Waals surface area contributed by atoms with E-state index in [9.17, 15) is 40.5 Å². The number of fused-ring (bicyclic) bond motifs is 1. The highest BCUT2D eigenvalue weighted by Crippen LogP contribution is 2.35. The summed E-state index contributed by atoms with van der Waals surface area (Å²) in [5, 5.41) is 68.7. The summed E-state index contributed by atoms with van der Waals surface area (Å²) in [5.41, 5.74) is -0.378. The molecule has 1 aromatic heterocycles. The van der Waals surface area contributed by atoms with E-state index in [1.807, 2.05) is 0 Å². The first kappa shape index (κ1) is 21.9. The van der Waals surface area contributed by atoms with Crippen molar-refractivity contribution in [2.75, 3.05) is 6.61 Å². The minimum absolute atomic E-state index is 0.0298. The molecule has 2 aromatic carbocycles. The molecule has 0 saturated carbocycles. The quantitative estimate of drug-likeness (QED) is 0.279. The fraction of sp³-hybridized carbons (Fsp3) is 0.286. The van der Waals surface area contributed by atoms with Crippen LogP contribution in [0.3, 0.4) is 0 Å². The Kier molecular flexibility index (Phi) is 5.67. The van der Waals surface area contributed by atoms with Crippen molar-refractivity contribution in [3.8, 4) is 34.3 Å². The number of phenols is 3. The van der Waals surface area contributed by atoms with Gasteiger partial charge >= 0.3 is 0 Å². The van der Waals surface area contributed by atoms with Crippen molar-refractivity contribution in [1.29, 1.82) is 0 Å². The molecule has 0 amide bonds. The van der Waals surface area contributed by atoms with Crippen molar-refractivity contribution >= 4 is 11.0 Å². The van der Waals surface area contributed by atoms with E-state index in [1.54, 1.807) is 0 Å². The number of aromatic hydroxyl groups is 3. The highest BCUT2D eigenvalue weighted by molar-refractivity contribution is 5.86. The summed E-state index contributed by atoms with van der Waals surface area (Å²) >= 11 is 0. The molecule has 0 radical (unpaired) electrons. The molecule has 0 spiro atoms. The van der Waals surface area contributed by atoms with E-state index >= 15 is 0 Å². The Hall–Kier alpha value is -3.35. The normalized spacial score (nSPS) is 25.7. The first-order valence-electron chi connectivity index (χ1n) is 9.50. The van der Waals surface area contributed by atoms with Gasteiger partial charge in [-0.2, -0.15) is 0 Å². The maximum absolute atomic E-state index is 12.4. The van der Waals surface area contributed by atoms with Gasteiger partial charge in [-0.25, -0.2) is 0 Å². The number of hydrogen-bond donors (Lipinski definition) is 7. The van der Waals surface area contributed by atoms with Gasteiger partial charge in [0, 0.05) is 23.8 Å². The van der Waals surface area contributed by atoms with Gasteiger partial charge in [-0.05, 0) is 18.2 Å². The summed E-state index contributed by atoms with van der Waals surface area (Å²) in [7, 11) is 0. The SMILES string of the molecule is O=c1cc(-c2ccc(O[C@H]3O[C@@H](CO)[C@@H](O)[C@@H](O)[C@H]3O)c(O)c2)oc2cc(O)cc(O)c12. The zero-order chi connectivity index (χ0) is 23.2. The molecule has 1 fully saturated rings. The zero-order valence-electron chi connectivity index (χ0n) is 16.3. The fourth-order valence-corrected chi connectivity index (χ4v) is 3.46. The number of aliphatic hydroxyl groups excluding tert-OH is 4. The smallest absolute Gasteiger partial charge is 0.229 e. The van der Waals surface area contributed by atoms with Gasteiger partial charge in [-0.3, -0.25) is 4.79 Å². The van der Waals surface area contributed by atoms with E-state index in [0.29, 0.717) is 0 Å². The molecule has 1 aliphatic rings. The molecule has 0 aliphatic carbocycles. The molecule has 32 heavy (non-hydrogen) atoms. The molecule has 170 valence electrons. The summed E-state index contributed by atoms with van der Waals surface area (Å²) in [5.74, 6) is -1.30. The lowest BCUT2D eigenvalue weighted by atomic mass is 9.99. The molecule has 7 N–H and O–H groups in total. The van der Waals surface area contributed by atoms with Crippen LogP contribution in [0, 0.1) is 0 Å². The molecule has 4 rings (SSSR count). The first-order valence-corrected chi connectivity index (χ1v) is 9.50. The average molecular weight is 448 g/mol. The van der Waals surface area contributed by atoms with Crippen LogP contribution in [-0.2, 0) is 4.74 Å². The van der Waals surface area contributed by atoms with Gasteiger partial charge in [0.25, 0.3) is 0 Å². The van der Waals surface area contributed by atoms with E-state index in [0.717, 1.165) is 18.2 Å². The Labute approximate surface area is 179 Å². The molecule has 11 nitrogen and oxygen atoms in total. The highest BCUT2D eigenvalue weighted by Gasteiger charge is 2.44. The predicted octanol–water partition coefficient (Wildman–Crippen LogP) is -0.245. The molecular weight excluding hydrogens is 428 g/mol. The average Bonchev–Trinajstić information content (AvgIpc) is 2.74. The number of hydrogen-bond acceptors (Lipinski definition) is 11. The van der Waals surface area contributed by atoms with Crippen molar-refractivity contribution in [3.05, 3.63) is 46.6 Å². The van der Waals surface area contributed by atoms with E-state index in [2.05, 4.69) is 0 Å². The van der Waals surface area contributed by atoms with Gasteiger partial charge in [-0.1, -0.05) is 0 Å². The molecule has 3 aromatic rings. The van der Waals surface area contributed by atoms with Gasteiger partial charge < -0.3 is 49.6 Å². The summed E-state index contributed by atoms with van der Waals surface area (Å²) < 4.78 is 16.2. The highest BCUT2D eigenvalue weighted by atomic mass is 16.7. The van der Waals surface area contributed by atoms with Crippen molar-refractivity contribution in [2.45, 2.75) is 30.7 Å². The summed E-state index contributed by atoms with van der Waals surface area (Å²) in [6.45, 7) is -0.637. The molecule has 2 heterocycles. The third-order valence-electron chi connectivity index (χ3n) is 5.13. The molecule has 0 unspecified atom stereocenters. The maximum Gasteiger partial charge on any atom is 0.229 e. The Bertz CT molecular complexity index is 1200. The summed E-state index contributed by atoms with van der Waals surface area (Å²) in [4.78, 5) is 12.4. The van der Waals surface area contributed by atoms with Crippen LogP contribution in [0.15, 0.2) is 45.6 Å². The van der Waals surface area contributed by atoms with Crippen LogP contribution < -0.4 is 10.2 Å². The van der Waals surface area contributed by atoms with Crippen molar-refractivity contribution in [3.63, 3.8) is 0 Å². The second kappa shape index (κ2) is 8.30. The minimum Gasteiger partial charge on any atom is -0.508 e. The van der Waals surface area contributed by atoms with Crippen molar-refractivity contribution in [1.82, 2.24) is 0 Å². The Balaban J connectivity index is 1.64. The van der Waals surface area contributed by atoms with Crippen molar-refractivity contribution < 1.29 is 49.6 Å². The topological polar surface area (TPSA) is 190 Å². The largest absolute Gasteiger partial charge is 0.508 e. The van der Waals surface area contributed by atoms with Gasteiger partial charge in [0.2, 0.25) is 6.29 Å². The Morgan fingerprint density at radius 1 is 0.906 bits per heavy atom. The van der Waals surface area contributed by atoms with E-state index in [1.165, 1.54) is 18.2 Å². The molecular formula is C21H20O11. The van der Waals surface area contributed by atoms with E-state index in [-0.39, 0.29) is 33.8 Å². The molecule has 1 aliphatic heterocycles. The van der Waals surface area contributed by atoms with E-state index < -0.39 is 54.2 Å². The van der Waals surface area contributed by atoms with E-state index in [4.69, 9.17) is 13.9 Å². The lowest BCUT2D eigenvalue weighted by Gasteiger charge is -2.39. The molecule has 5 atom stereocenters. The Morgan fingerprint density at radius 3 is 2.34 bits per heavy atom. The number of phenolic OH excluding ortho intramolecular Hbond substituents is 3. The molecule has 1 saturated heterocycles. The van der Waals surface area contributed by atoms with Gasteiger partial charge in [0.05, 0.1) is 6.61 Å². The van der Waals surface area contributed by atoms with Crippen LogP contribution >= 0.6 is 0 Å². The number of ether oxygens (including phenoxy) is 2. The van der Waals surface area contributed by atoms with Crippen LogP contribution in [0.4, 0.5) is 0 Å².